The van der Waals surface area contributed by atoms with Crippen molar-refractivity contribution in [2.45, 2.75) is 45.6 Å². The highest BCUT2D eigenvalue weighted by molar-refractivity contribution is 6.32. The minimum atomic E-state index is 0.00490. The second-order valence-corrected chi connectivity index (χ2v) is 6.47. The van der Waals surface area contributed by atoms with Crippen molar-refractivity contribution in [3.8, 4) is 5.75 Å². The first-order chi connectivity index (χ1) is 10.6. The number of amides is 1. The number of hydrogen-bond acceptors (Lipinski definition) is 3. The molecule has 22 heavy (non-hydrogen) atoms. The molecular weight excluding hydrogens is 300 g/mol. The summed E-state index contributed by atoms with van der Waals surface area (Å²) in [6.45, 7) is 6.00. The van der Waals surface area contributed by atoms with Gasteiger partial charge in [0.2, 0.25) is 5.91 Å². The van der Waals surface area contributed by atoms with Gasteiger partial charge >= 0.3 is 0 Å². The molecule has 122 valence electrons. The Hall–Kier alpha value is -1.26. The van der Waals surface area contributed by atoms with Crippen molar-refractivity contribution < 1.29 is 9.53 Å². The summed E-state index contributed by atoms with van der Waals surface area (Å²) in [4.78, 5) is 12.2. The zero-order valence-corrected chi connectivity index (χ0v) is 14.1. The minimum Gasteiger partial charge on any atom is -0.487 e. The molecule has 1 aliphatic rings. The molecule has 0 unspecified atom stereocenters. The van der Waals surface area contributed by atoms with Crippen LogP contribution in [0.5, 0.6) is 5.75 Å². The number of para-hydroxylation sites is 1. The third-order valence-corrected chi connectivity index (χ3v) is 4.13. The summed E-state index contributed by atoms with van der Waals surface area (Å²) in [5, 5.41) is 6.79. The number of hydrogen-bond donors (Lipinski definition) is 2. The number of halogens is 1. The van der Waals surface area contributed by atoms with Gasteiger partial charge in [-0.05, 0) is 64.3 Å². The highest BCUT2D eigenvalue weighted by Crippen LogP contribution is 2.34. The number of piperidine rings is 1. The molecule has 0 radical (unpaired) electrons. The smallest absolute Gasteiger partial charge is 0.224 e. The maximum atomic E-state index is 12.2. The maximum Gasteiger partial charge on any atom is 0.224 e. The second-order valence-electron chi connectivity index (χ2n) is 6.06. The molecule has 1 heterocycles. The summed E-state index contributed by atoms with van der Waals surface area (Å²) < 4.78 is 5.72. The van der Waals surface area contributed by atoms with Crippen LogP contribution in [0.2, 0.25) is 5.02 Å². The summed E-state index contributed by atoms with van der Waals surface area (Å²) in [6, 6.07) is 5.41. The molecule has 1 saturated heterocycles. The molecule has 2 rings (SSSR count). The lowest BCUT2D eigenvalue weighted by atomic mass is 9.93. The van der Waals surface area contributed by atoms with Gasteiger partial charge in [0.25, 0.3) is 0 Å². The van der Waals surface area contributed by atoms with Crippen LogP contribution >= 0.6 is 11.6 Å². The number of nitrogens with one attached hydrogen (secondary N) is 2. The summed E-state index contributed by atoms with van der Waals surface area (Å²) >= 11 is 6.17. The predicted molar refractivity (Wildman–Crippen MR) is 90.7 cm³/mol. The Morgan fingerprint density at radius 1 is 1.41 bits per heavy atom. The lowest BCUT2D eigenvalue weighted by Gasteiger charge is -2.22. The average molecular weight is 325 g/mol. The van der Waals surface area contributed by atoms with E-state index < -0.39 is 0 Å². The fourth-order valence-corrected chi connectivity index (χ4v) is 2.90. The SMILES string of the molecule is CC(C)Oc1c(Cl)cccc1NC(=O)CCC1CCNCC1. The van der Waals surface area contributed by atoms with Crippen LogP contribution < -0.4 is 15.4 Å². The zero-order valence-electron chi connectivity index (χ0n) is 13.3. The first-order valence-electron chi connectivity index (χ1n) is 8.02. The largest absolute Gasteiger partial charge is 0.487 e. The quantitative estimate of drug-likeness (QED) is 0.835. The summed E-state index contributed by atoms with van der Waals surface area (Å²) in [7, 11) is 0. The molecule has 1 aromatic carbocycles. The van der Waals surface area contributed by atoms with Gasteiger partial charge in [-0.15, -0.1) is 0 Å². The Morgan fingerprint density at radius 2 is 2.14 bits per heavy atom. The predicted octanol–water partition coefficient (Wildman–Crippen LogP) is 3.85. The van der Waals surface area contributed by atoms with Crippen molar-refractivity contribution in [3.05, 3.63) is 23.2 Å². The highest BCUT2D eigenvalue weighted by Gasteiger charge is 2.16. The van der Waals surface area contributed by atoms with E-state index in [1.165, 1.54) is 0 Å². The molecule has 1 aromatic rings. The van der Waals surface area contributed by atoms with Crippen molar-refractivity contribution in [1.29, 1.82) is 0 Å². The molecule has 0 atom stereocenters. The van der Waals surface area contributed by atoms with E-state index in [0.29, 0.717) is 28.8 Å². The van der Waals surface area contributed by atoms with Gasteiger partial charge in [-0.3, -0.25) is 4.79 Å². The van der Waals surface area contributed by atoms with E-state index in [9.17, 15) is 4.79 Å². The normalized spacial score (nSPS) is 15.8. The van der Waals surface area contributed by atoms with Gasteiger partial charge in [-0.25, -0.2) is 0 Å². The number of rotatable bonds is 6. The van der Waals surface area contributed by atoms with Crippen LogP contribution in [0.25, 0.3) is 0 Å². The fraction of sp³-hybridized carbons (Fsp3) is 0.588. The molecule has 0 saturated carbocycles. The van der Waals surface area contributed by atoms with E-state index in [4.69, 9.17) is 16.3 Å². The molecule has 1 fully saturated rings. The molecular formula is C17H25ClN2O2. The van der Waals surface area contributed by atoms with Crippen molar-refractivity contribution in [2.24, 2.45) is 5.92 Å². The monoisotopic (exact) mass is 324 g/mol. The molecule has 5 heteroatoms. The number of ether oxygens (including phenoxy) is 1. The van der Waals surface area contributed by atoms with Crippen molar-refractivity contribution in [3.63, 3.8) is 0 Å². The van der Waals surface area contributed by atoms with Crippen LogP contribution in [-0.4, -0.2) is 25.1 Å². The molecule has 0 aromatic heterocycles. The van der Waals surface area contributed by atoms with Gasteiger partial charge in [-0.1, -0.05) is 17.7 Å². The van der Waals surface area contributed by atoms with Crippen LogP contribution in [-0.2, 0) is 4.79 Å². The molecule has 1 aliphatic heterocycles. The van der Waals surface area contributed by atoms with E-state index >= 15 is 0 Å². The molecule has 2 N–H and O–H groups in total. The maximum absolute atomic E-state index is 12.2. The van der Waals surface area contributed by atoms with Crippen molar-refractivity contribution in [1.82, 2.24) is 5.32 Å². The van der Waals surface area contributed by atoms with Gasteiger partial charge in [0.1, 0.15) is 0 Å². The van der Waals surface area contributed by atoms with Gasteiger partial charge in [-0.2, -0.15) is 0 Å². The number of carbonyl (C=O) groups excluding carboxylic acids is 1. The Kier molecular flexibility index (Phi) is 6.52. The molecule has 4 nitrogen and oxygen atoms in total. The fourth-order valence-electron chi connectivity index (χ4n) is 2.68. The van der Waals surface area contributed by atoms with Crippen LogP contribution in [0, 0.1) is 5.92 Å². The van der Waals surface area contributed by atoms with E-state index in [1.807, 2.05) is 26.0 Å². The molecule has 0 bridgehead atoms. The van der Waals surface area contributed by atoms with Gasteiger partial charge in [0.15, 0.2) is 5.75 Å². The van der Waals surface area contributed by atoms with Gasteiger partial charge in [0.05, 0.1) is 16.8 Å². The molecule has 0 aliphatic carbocycles. The number of benzene rings is 1. The van der Waals surface area contributed by atoms with Crippen LogP contribution in [0.1, 0.15) is 39.5 Å². The standard InChI is InChI=1S/C17H25ClN2O2/c1-12(2)22-17-14(18)4-3-5-15(17)20-16(21)7-6-13-8-10-19-11-9-13/h3-5,12-13,19H,6-11H2,1-2H3,(H,20,21). The second kappa shape index (κ2) is 8.39. The first-order valence-corrected chi connectivity index (χ1v) is 8.40. The molecule has 1 amide bonds. The lowest BCUT2D eigenvalue weighted by Crippen LogP contribution is -2.28. The third kappa shape index (κ3) is 5.18. The summed E-state index contributed by atoms with van der Waals surface area (Å²) in [5.41, 5.74) is 0.650. The minimum absolute atomic E-state index is 0.00490. The Labute approximate surface area is 137 Å². The zero-order chi connectivity index (χ0) is 15.9. The van der Waals surface area contributed by atoms with E-state index in [1.54, 1.807) is 6.07 Å². The third-order valence-electron chi connectivity index (χ3n) is 3.83. The van der Waals surface area contributed by atoms with Crippen molar-refractivity contribution in [2.75, 3.05) is 18.4 Å². The summed E-state index contributed by atoms with van der Waals surface area (Å²) in [6.07, 6.45) is 3.80. The van der Waals surface area contributed by atoms with Crippen LogP contribution in [0.3, 0.4) is 0 Å². The number of carbonyl (C=O) groups is 1. The van der Waals surface area contributed by atoms with Gasteiger partial charge in [0, 0.05) is 6.42 Å². The first kappa shape index (κ1) is 17.1. The van der Waals surface area contributed by atoms with Gasteiger partial charge < -0.3 is 15.4 Å². The Balaban J connectivity index is 1.91. The Bertz CT molecular complexity index is 499. The van der Waals surface area contributed by atoms with E-state index in [2.05, 4.69) is 10.6 Å². The van der Waals surface area contributed by atoms with Crippen LogP contribution in [0.15, 0.2) is 18.2 Å². The Morgan fingerprint density at radius 3 is 2.82 bits per heavy atom. The van der Waals surface area contributed by atoms with E-state index in [-0.39, 0.29) is 12.0 Å². The average Bonchev–Trinajstić information content (AvgIpc) is 2.49. The highest BCUT2D eigenvalue weighted by atomic mass is 35.5. The van der Waals surface area contributed by atoms with Crippen molar-refractivity contribution >= 4 is 23.2 Å². The topological polar surface area (TPSA) is 50.4 Å². The summed E-state index contributed by atoms with van der Waals surface area (Å²) in [5.74, 6) is 1.22. The van der Waals surface area contributed by atoms with Crippen LogP contribution in [0.4, 0.5) is 5.69 Å². The molecule has 0 spiro atoms. The lowest BCUT2D eigenvalue weighted by molar-refractivity contribution is -0.116. The number of anilines is 1. The van der Waals surface area contributed by atoms with E-state index in [0.717, 1.165) is 32.4 Å².